The quantitative estimate of drug-likeness (QED) is 0.888. The van der Waals surface area contributed by atoms with E-state index in [-0.39, 0.29) is 11.0 Å². The molecule has 0 unspecified atom stereocenters. The number of methoxy groups -OCH3 is 1. The number of nitrogens with two attached hydrogens (primary N) is 1. The highest BCUT2D eigenvalue weighted by Crippen LogP contribution is 2.34. The van der Waals surface area contributed by atoms with Gasteiger partial charge in [0.05, 0.1) is 7.11 Å². The second kappa shape index (κ2) is 4.93. The van der Waals surface area contributed by atoms with Crippen LogP contribution >= 0.6 is 0 Å². The van der Waals surface area contributed by atoms with Crippen molar-refractivity contribution >= 4 is 0 Å². The molecule has 0 saturated heterocycles. The van der Waals surface area contributed by atoms with Crippen LogP contribution < -0.4 is 10.5 Å². The molecule has 0 fully saturated rings. The second-order valence-electron chi connectivity index (χ2n) is 6.89. The van der Waals surface area contributed by atoms with Crippen molar-refractivity contribution in [3.8, 4) is 5.75 Å². The lowest BCUT2D eigenvalue weighted by atomic mass is 9.83. The van der Waals surface area contributed by atoms with Crippen LogP contribution in [0.3, 0.4) is 0 Å². The summed E-state index contributed by atoms with van der Waals surface area (Å²) in [6.07, 6.45) is 0.861. The van der Waals surface area contributed by atoms with Crippen LogP contribution in [0.1, 0.15) is 51.3 Å². The maximum Gasteiger partial charge on any atom is 0.122 e. The van der Waals surface area contributed by atoms with Gasteiger partial charge in [0.2, 0.25) is 0 Å². The Morgan fingerprint density at radius 2 is 1.67 bits per heavy atom. The molecule has 18 heavy (non-hydrogen) atoms. The van der Waals surface area contributed by atoms with Gasteiger partial charge >= 0.3 is 0 Å². The van der Waals surface area contributed by atoms with Crippen LogP contribution in [0.2, 0.25) is 0 Å². The van der Waals surface area contributed by atoms with E-state index in [2.05, 4.69) is 53.7 Å². The van der Waals surface area contributed by atoms with Crippen molar-refractivity contribution in [1.29, 1.82) is 0 Å². The zero-order valence-electron chi connectivity index (χ0n) is 12.8. The van der Waals surface area contributed by atoms with Crippen molar-refractivity contribution in [1.82, 2.24) is 0 Å². The summed E-state index contributed by atoms with van der Waals surface area (Å²) in [6, 6.07) is 4.38. The van der Waals surface area contributed by atoms with E-state index in [1.165, 1.54) is 16.7 Å². The fourth-order valence-corrected chi connectivity index (χ4v) is 2.17. The van der Waals surface area contributed by atoms with Gasteiger partial charge in [-0.3, -0.25) is 0 Å². The van der Waals surface area contributed by atoms with Gasteiger partial charge in [0.15, 0.2) is 0 Å². The van der Waals surface area contributed by atoms with Crippen molar-refractivity contribution in [3.05, 3.63) is 28.8 Å². The maximum absolute atomic E-state index is 6.11. The molecular weight excluding hydrogens is 222 g/mol. The van der Waals surface area contributed by atoms with Crippen molar-refractivity contribution in [3.63, 3.8) is 0 Å². The Morgan fingerprint density at radius 1 is 1.11 bits per heavy atom. The first-order chi connectivity index (χ1) is 8.04. The lowest BCUT2D eigenvalue weighted by molar-refractivity contribution is 0.396. The summed E-state index contributed by atoms with van der Waals surface area (Å²) in [5, 5.41) is 0. The molecule has 2 N–H and O–H groups in total. The number of ether oxygens (including phenoxy) is 1. The molecule has 1 rings (SSSR count). The van der Waals surface area contributed by atoms with E-state index in [0.29, 0.717) is 0 Å². The summed E-state index contributed by atoms with van der Waals surface area (Å²) in [4.78, 5) is 0. The predicted molar refractivity (Wildman–Crippen MR) is 78.4 cm³/mol. The fourth-order valence-electron chi connectivity index (χ4n) is 2.17. The molecule has 0 spiro atoms. The molecule has 1 aromatic carbocycles. The number of aryl methyl sites for hydroxylation is 1. The van der Waals surface area contributed by atoms with E-state index in [9.17, 15) is 0 Å². The lowest BCUT2D eigenvalue weighted by Gasteiger charge is -2.26. The first kappa shape index (κ1) is 15.0. The maximum atomic E-state index is 6.11. The van der Waals surface area contributed by atoms with Gasteiger partial charge in [0, 0.05) is 5.54 Å². The Labute approximate surface area is 112 Å². The average molecular weight is 249 g/mol. The first-order valence-electron chi connectivity index (χ1n) is 6.51. The molecule has 0 aliphatic heterocycles. The number of hydrogen-bond acceptors (Lipinski definition) is 2. The van der Waals surface area contributed by atoms with Crippen molar-refractivity contribution in [2.75, 3.05) is 7.11 Å². The van der Waals surface area contributed by atoms with Gasteiger partial charge in [-0.05, 0) is 55.4 Å². The molecule has 0 aromatic heterocycles. The molecule has 0 aliphatic carbocycles. The molecule has 0 atom stereocenters. The van der Waals surface area contributed by atoms with Crippen LogP contribution in [0.5, 0.6) is 5.75 Å². The zero-order chi connectivity index (χ0) is 14.1. The van der Waals surface area contributed by atoms with E-state index in [1.54, 1.807) is 7.11 Å². The monoisotopic (exact) mass is 249 g/mol. The third kappa shape index (κ3) is 3.74. The van der Waals surface area contributed by atoms with Crippen LogP contribution in [0.15, 0.2) is 12.1 Å². The summed E-state index contributed by atoms with van der Waals surface area (Å²) in [5.41, 5.74) is 9.82. The summed E-state index contributed by atoms with van der Waals surface area (Å²) >= 11 is 0. The standard InChI is InChI=1S/C16H27NO/c1-11-8-13(15(2,3)4)14(18-7)9-12(11)10-16(5,6)17/h8-9H,10,17H2,1-7H3. The van der Waals surface area contributed by atoms with Crippen LogP contribution in [0.25, 0.3) is 0 Å². The van der Waals surface area contributed by atoms with Crippen molar-refractivity contribution < 1.29 is 4.74 Å². The Hall–Kier alpha value is -1.02. The number of hydrogen-bond donors (Lipinski definition) is 1. The largest absolute Gasteiger partial charge is 0.496 e. The predicted octanol–water partition coefficient (Wildman–Crippen LogP) is 3.58. The molecule has 0 amide bonds. The van der Waals surface area contributed by atoms with Crippen LogP contribution in [-0.2, 0) is 11.8 Å². The molecule has 0 aliphatic rings. The van der Waals surface area contributed by atoms with E-state index in [4.69, 9.17) is 10.5 Å². The van der Waals surface area contributed by atoms with E-state index >= 15 is 0 Å². The zero-order valence-corrected chi connectivity index (χ0v) is 12.8. The molecule has 102 valence electrons. The van der Waals surface area contributed by atoms with Gasteiger partial charge in [-0.15, -0.1) is 0 Å². The molecule has 0 radical (unpaired) electrons. The van der Waals surface area contributed by atoms with Crippen molar-refractivity contribution in [2.45, 2.75) is 58.9 Å². The molecule has 0 heterocycles. The number of rotatable bonds is 3. The minimum Gasteiger partial charge on any atom is -0.496 e. The summed E-state index contributed by atoms with van der Waals surface area (Å²) in [6.45, 7) is 12.9. The van der Waals surface area contributed by atoms with Gasteiger partial charge < -0.3 is 10.5 Å². The van der Waals surface area contributed by atoms with Gasteiger partial charge in [-0.2, -0.15) is 0 Å². The Kier molecular flexibility index (Phi) is 4.12. The lowest BCUT2D eigenvalue weighted by Crippen LogP contribution is -2.34. The third-order valence-electron chi connectivity index (χ3n) is 3.11. The van der Waals surface area contributed by atoms with Crippen LogP contribution in [-0.4, -0.2) is 12.6 Å². The van der Waals surface area contributed by atoms with Gasteiger partial charge in [0.25, 0.3) is 0 Å². The van der Waals surface area contributed by atoms with E-state index in [0.717, 1.165) is 12.2 Å². The minimum atomic E-state index is -0.195. The van der Waals surface area contributed by atoms with Gasteiger partial charge in [-0.25, -0.2) is 0 Å². The normalized spacial score (nSPS) is 12.7. The first-order valence-corrected chi connectivity index (χ1v) is 6.51. The topological polar surface area (TPSA) is 35.2 Å². The van der Waals surface area contributed by atoms with Crippen molar-refractivity contribution in [2.24, 2.45) is 5.73 Å². The Bertz CT molecular complexity index is 422. The summed E-state index contributed by atoms with van der Waals surface area (Å²) in [5.74, 6) is 0.965. The Balaban J connectivity index is 3.27. The molecular formula is C16H27NO. The smallest absolute Gasteiger partial charge is 0.122 e. The molecule has 2 nitrogen and oxygen atoms in total. The minimum absolute atomic E-state index is 0.0901. The van der Waals surface area contributed by atoms with Crippen LogP contribution in [0, 0.1) is 6.92 Å². The summed E-state index contributed by atoms with van der Waals surface area (Å²) in [7, 11) is 1.73. The van der Waals surface area contributed by atoms with E-state index < -0.39 is 0 Å². The summed E-state index contributed by atoms with van der Waals surface area (Å²) < 4.78 is 5.54. The van der Waals surface area contributed by atoms with Crippen LogP contribution in [0.4, 0.5) is 0 Å². The molecule has 0 bridgehead atoms. The van der Waals surface area contributed by atoms with Gasteiger partial charge in [0.1, 0.15) is 5.75 Å². The van der Waals surface area contributed by atoms with Gasteiger partial charge in [-0.1, -0.05) is 26.8 Å². The third-order valence-corrected chi connectivity index (χ3v) is 3.11. The molecule has 1 aromatic rings. The second-order valence-corrected chi connectivity index (χ2v) is 6.89. The SMILES string of the molecule is COc1cc(CC(C)(C)N)c(C)cc1C(C)(C)C. The Morgan fingerprint density at radius 3 is 2.06 bits per heavy atom. The van der Waals surface area contributed by atoms with E-state index in [1.807, 2.05) is 0 Å². The highest BCUT2D eigenvalue weighted by atomic mass is 16.5. The molecule has 0 saturated carbocycles. The highest BCUT2D eigenvalue weighted by Gasteiger charge is 2.22. The fraction of sp³-hybridized carbons (Fsp3) is 0.625. The molecule has 2 heteroatoms. The highest BCUT2D eigenvalue weighted by molar-refractivity contribution is 5.46. The average Bonchev–Trinajstić information content (AvgIpc) is 2.17. The number of benzene rings is 1.